The number of hydrogen-bond donors (Lipinski definition) is 0. The summed E-state index contributed by atoms with van der Waals surface area (Å²) in [6, 6.07) is 12.8. The zero-order valence-corrected chi connectivity index (χ0v) is 16.0. The smallest absolute Gasteiger partial charge is 0.240 e. The third kappa shape index (κ3) is 3.64. The van der Waals surface area contributed by atoms with Crippen molar-refractivity contribution in [3.63, 3.8) is 0 Å². The molecule has 0 spiro atoms. The van der Waals surface area contributed by atoms with E-state index in [4.69, 9.17) is 0 Å². The molecule has 136 valence electrons. The molecule has 4 nitrogen and oxygen atoms in total. The average Bonchev–Trinajstić information content (AvgIpc) is 2.68. The molecule has 2 aliphatic heterocycles. The van der Waals surface area contributed by atoms with E-state index in [1.54, 1.807) is 11.8 Å². The molecule has 1 aromatic heterocycles. The first-order valence-electron chi connectivity index (χ1n) is 9.33. The van der Waals surface area contributed by atoms with E-state index in [0.29, 0.717) is 0 Å². The van der Waals surface area contributed by atoms with Gasteiger partial charge < -0.3 is 4.90 Å². The topological polar surface area (TPSA) is 36.4 Å². The Labute approximate surface area is 159 Å². The van der Waals surface area contributed by atoms with Crippen LogP contribution in [0.15, 0.2) is 48.8 Å². The second kappa shape index (κ2) is 7.80. The highest BCUT2D eigenvalue weighted by atomic mass is 32.2. The fraction of sp³-hybridized carbons (Fsp3) is 0.429. The molecule has 2 aliphatic rings. The Bertz CT molecular complexity index is 767. The van der Waals surface area contributed by atoms with Crippen LogP contribution in [0.2, 0.25) is 0 Å². The van der Waals surface area contributed by atoms with E-state index in [9.17, 15) is 4.79 Å². The molecule has 1 aromatic carbocycles. The maximum atomic E-state index is 13.3. The van der Waals surface area contributed by atoms with E-state index in [-0.39, 0.29) is 17.2 Å². The number of piperazine rings is 1. The number of pyridine rings is 1. The van der Waals surface area contributed by atoms with Gasteiger partial charge >= 0.3 is 0 Å². The lowest BCUT2D eigenvalue weighted by Gasteiger charge is -2.41. The molecule has 2 atom stereocenters. The largest absolute Gasteiger partial charge is 0.336 e. The quantitative estimate of drug-likeness (QED) is 0.835. The van der Waals surface area contributed by atoms with Gasteiger partial charge in [-0.25, -0.2) is 0 Å². The highest BCUT2D eigenvalue weighted by Crippen LogP contribution is 2.38. The third-order valence-electron chi connectivity index (χ3n) is 5.34. The number of aromatic nitrogens is 1. The molecule has 3 heterocycles. The van der Waals surface area contributed by atoms with E-state index in [1.165, 1.54) is 16.7 Å². The van der Waals surface area contributed by atoms with Gasteiger partial charge in [-0.2, -0.15) is 0 Å². The molecule has 0 saturated carbocycles. The van der Waals surface area contributed by atoms with Crippen LogP contribution in [0.4, 0.5) is 0 Å². The molecule has 26 heavy (non-hydrogen) atoms. The van der Waals surface area contributed by atoms with Crippen LogP contribution in [0.5, 0.6) is 0 Å². The summed E-state index contributed by atoms with van der Waals surface area (Å²) in [5, 5.41) is -0.0349. The highest BCUT2D eigenvalue weighted by Gasteiger charge is 2.35. The fourth-order valence-electron chi connectivity index (χ4n) is 4.00. The minimum atomic E-state index is -0.0349. The van der Waals surface area contributed by atoms with Crippen molar-refractivity contribution in [1.29, 1.82) is 0 Å². The lowest BCUT2D eigenvalue weighted by atomic mass is 10.00. The number of fused-ring (bicyclic) bond motifs is 1. The lowest BCUT2D eigenvalue weighted by molar-refractivity contribution is -0.135. The molecule has 1 fully saturated rings. The van der Waals surface area contributed by atoms with Crippen molar-refractivity contribution in [2.45, 2.75) is 31.2 Å². The van der Waals surface area contributed by atoms with Crippen molar-refractivity contribution in [3.8, 4) is 0 Å². The molecule has 2 aromatic rings. The monoisotopic (exact) mass is 367 g/mol. The Morgan fingerprint density at radius 3 is 2.92 bits per heavy atom. The van der Waals surface area contributed by atoms with Crippen molar-refractivity contribution in [2.24, 2.45) is 0 Å². The van der Waals surface area contributed by atoms with Gasteiger partial charge in [0.2, 0.25) is 5.91 Å². The number of hydrogen-bond acceptors (Lipinski definition) is 4. The number of amides is 1. The van der Waals surface area contributed by atoms with Gasteiger partial charge in [-0.05, 0) is 41.9 Å². The minimum Gasteiger partial charge on any atom is -0.336 e. The number of carbonyl (C=O) groups is 1. The van der Waals surface area contributed by atoms with Gasteiger partial charge in [0.25, 0.3) is 0 Å². The maximum Gasteiger partial charge on any atom is 0.240 e. The summed E-state index contributed by atoms with van der Waals surface area (Å²) < 4.78 is 0. The molecular formula is C21H25N3OS. The number of carbonyl (C=O) groups excluding carboxylic acids is 1. The van der Waals surface area contributed by atoms with Gasteiger partial charge in [-0.1, -0.05) is 30.3 Å². The number of aryl methyl sites for hydroxylation is 1. The van der Waals surface area contributed by atoms with Crippen LogP contribution in [0, 0.1) is 0 Å². The van der Waals surface area contributed by atoms with Gasteiger partial charge in [0, 0.05) is 44.6 Å². The first kappa shape index (κ1) is 17.6. The first-order valence-corrected chi connectivity index (χ1v) is 10.4. The van der Waals surface area contributed by atoms with Crippen molar-refractivity contribution < 1.29 is 4.79 Å². The van der Waals surface area contributed by atoms with Crippen LogP contribution >= 0.6 is 11.8 Å². The van der Waals surface area contributed by atoms with Crippen molar-refractivity contribution in [3.05, 3.63) is 65.5 Å². The van der Waals surface area contributed by atoms with Crippen molar-refractivity contribution >= 4 is 17.7 Å². The van der Waals surface area contributed by atoms with Gasteiger partial charge in [0.15, 0.2) is 0 Å². The van der Waals surface area contributed by atoms with Gasteiger partial charge in [0.1, 0.15) is 5.25 Å². The molecular weight excluding hydrogens is 342 g/mol. The van der Waals surface area contributed by atoms with E-state index < -0.39 is 0 Å². The van der Waals surface area contributed by atoms with Crippen molar-refractivity contribution in [2.75, 3.05) is 25.4 Å². The van der Waals surface area contributed by atoms with Gasteiger partial charge in [0.05, 0.1) is 0 Å². The summed E-state index contributed by atoms with van der Waals surface area (Å²) in [4.78, 5) is 22.0. The molecule has 0 radical (unpaired) electrons. The summed E-state index contributed by atoms with van der Waals surface area (Å²) in [5.74, 6) is 1.32. The number of rotatable bonds is 3. The van der Waals surface area contributed by atoms with E-state index in [0.717, 1.165) is 38.4 Å². The molecule has 0 bridgehead atoms. The molecule has 0 N–H and O–H groups in total. The molecule has 4 rings (SSSR count). The van der Waals surface area contributed by atoms with Crippen molar-refractivity contribution in [1.82, 2.24) is 14.8 Å². The summed E-state index contributed by atoms with van der Waals surface area (Å²) >= 11 is 1.80. The fourth-order valence-corrected chi connectivity index (χ4v) is 5.26. The molecule has 0 unspecified atom stereocenters. The second-order valence-corrected chi connectivity index (χ2v) is 8.39. The van der Waals surface area contributed by atoms with E-state index >= 15 is 0 Å². The number of benzene rings is 1. The zero-order chi connectivity index (χ0) is 17.9. The third-order valence-corrected chi connectivity index (χ3v) is 6.57. The van der Waals surface area contributed by atoms with Crippen LogP contribution in [-0.2, 0) is 17.8 Å². The minimum absolute atomic E-state index is 0.0349. The number of nitrogens with zero attached hydrogens (tertiary/aromatic N) is 3. The van der Waals surface area contributed by atoms with E-state index in [2.05, 4.69) is 52.0 Å². The van der Waals surface area contributed by atoms with Crippen LogP contribution in [0.25, 0.3) is 0 Å². The predicted octanol–water partition coefficient (Wildman–Crippen LogP) is 3.14. The Morgan fingerprint density at radius 1 is 1.23 bits per heavy atom. The lowest BCUT2D eigenvalue weighted by Crippen LogP contribution is -2.54. The van der Waals surface area contributed by atoms with Gasteiger partial charge in [-0.3, -0.25) is 14.7 Å². The molecule has 5 heteroatoms. The highest BCUT2D eigenvalue weighted by molar-refractivity contribution is 8.00. The zero-order valence-electron chi connectivity index (χ0n) is 15.2. The predicted molar refractivity (Wildman–Crippen MR) is 106 cm³/mol. The van der Waals surface area contributed by atoms with Crippen LogP contribution in [0.3, 0.4) is 0 Å². The number of thioether (sulfide) groups is 1. The van der Waals surface area contributed by atoms with E-state index in [1.807, 2.05) is 18.5 Å². The average molecular weight is 368 g/mol. The normalized spacial score (nSPS) is 23.5. The van der Waals surface area contributed by atoms with Crippen LogP contribution < -0.4 is 0 Å². The summed E-state index contributed by atoms with van der Waals surface area (Å²) in [7, 11) is 0. The molecule has 0 aliphatic carbocycles. The molecule has 1 saturated heterocycles. The maximum absolute atomic E-state index is 13.3. The second-order valence-electron chi connectivity index (χ2n) is 7.18. The Hall–Kier alpha value is -1.85. The summed E-state index contributed by atoms with van der Waals surface area (Å²) in [6.45, 7) is 5.72. The summed E-state index contributed by atoms with van der Waals surface area (Å²) in [6.07, 6.45) is 4.80. The van der Waals surface area contributed by atoms with Crippen LogP contribution in [-0.4, -0.2) is 52.1 Å². The Balaban J connectivity index is 1.43. The standard InChI is InChI=1S/C21H25N3OS/c1-16-14-23(15-17-5-4-9-22-13-17)10-11-24(16)21(25)20-19-7-3-2-6-18(19)8-12-26-20/h2-7,9,13,16,20H,8,10-12,14-15H2,1H3/t16-,20+/m0/s1. The molecule has 1 amide bonds. The summed E-state index contributed by atoms with van der Waals surface area (Å²) in [5.41, 5.74) is 3.79. The first-order chi connectivity index (χ1) is 12.7. The van der Waals surface area contributed by atoms with Crippen LogP contribution in [0.1, 0.15) is 28.9 Å². The Kier molecular flexibility index (Phi) is 5.27. The van der Waals surface area contributed by atoms with Gasteiger partial charge in [-0.15, -0.1) is 11.8 Å². The SMILES string of the molecule is C[C@H]1CN(Cc2cccnc2)CCN1C(=O)[C@@H]1SCCc2ccccc21. The Morgan fingerprint density at radius 2 is 2.12 bits per heavy atom.